The standard InChI is InChI=1S/C13H15NO2S2/c1-13(2,3)18(15,16)12-8-7-11(17-12)10-6-4-5-9-14-10/h4-9H,1-3H3. The van der Waals surface area contributed by atoms with Gasteiger partial charge in [0.15, 0.2) is 9.84 Å². The lowest BCUT2D eigenvalue weighted by Gasteiger charge is -2.17. The summed E-state index contributed by atoms with van der Waals surface area (Å²) in [6, 6.07) is 9.07. The highest BCUT2D eigenvalue weighted by atomic mass is 32.2. The summed E-state index contributed by atoms with van der Waals surface area (Å²) in [7, 11) is -3.27. The van der Waals surface area contributed by atoms with Crippen LogP contribution >= 0.6 is 11.3 Å². The van der Waals surface area contributed by atoms with Crippen molar-refractivity contribution < 1.29 is 8.42 Å². The van der Waals surface area contributed by atoms with Gasteiger partial charge in [-0.3, -0.25) is 4.98 Å². The highest BCUT2D eigenvalue weighted by Gasteiger charge is 2.32. The van der Waals surface area contributed by atoms with Gasteiger partial charge >= 0.3 is 0 Å². The van der Waals surface area contributed by atoms with Gasteiger partial charge in [0, 0.05) is 6.20 Å². The highest BCUT2D eigenvalue weighted by Crippen LogP contribution is 2.34. The fourth-order valence-corrected chi connectivity index (χ4v) is 4.44. The Labute approximate surface area is 111 Å². The third-order valence-electron chi connectivity index (χ3n) is 2.57. The van der Waals surface area contributed by atoms with Crippen molar-refractivity contribution >= 4 is 21.2 Å². The summed E-state index contributed by atoms with van der Waals surface area (Å²) in [5.41, 5.74) is 0.804. The molecular weight excluding hydrogens is 266 g/mol. The number of thiophene rings is 1. The lowest BCUT2D eigenvalue weighted by molar-refractivity contribution is 0.562. The van der Waals surface area contributed by atoms with E-state index in [1.54, 1.807) is 33.0 Å². The average Bonchev–Trinajstić information content (AvgIpc) is 2.78. The molecule has 0 amide bonds. The first-order valence-corrected chi connectivity index (χ1v) is 7.88. The number of hydrogen-bond donors (Lipinski definition) is 0. The van der Waals surface area contributed by atoms with Gasteiger partial charge in [0.05, 0.1) is 15.3 Å². The SMILES string of the molecule is CC(C)(C)S(=O)(=O)c1ccc(-c2ccccn2)s1. The summed E-state index contributed by atoms with van der Waals surface area (Å²) in [5, 5.41) is 0. The molecule has 2 aromatic heterocycles. The average molecular weight is 281 g/mol. The molecule has 2 heterocycles. The molecule has 0 aliphatic rings. The molecule has 96 valence electrons. The van der Waals surface area contributed by atoms with Gasteiger partial charge in [-0.15, -0.1) is 11.3 Å². The van der Waals surface area contributed by atoms with Gasteiger partial charge in [-0.1, -0.05) is 6.07 Å². The van der Waals surface area contributed by atoms with E-state index in [9.17, 15) is 8.42 Å². The minimum Gasteiger partial charge on any atom is -0.255 e. The van der Waals surface area contributed by atoms with Crippen molar-refractivity contribution in [3.8, 4) is 10.6 Å². The maximum Gasteiger partial charge on any atom is 0.192 e. The second-order valence-corrected chi connectivity index (χ2v) is 8.96. The molecule has 0 spiro atoms. The van der Waals surface area contributed by atoms with Gasteiger partial charge in [0.1, 0.15) is 4.21 Å². The third kappa shape index (κ3) is 2.33. The Morgan fingerprint density at radius 1 is 1.11 bits per heavy atom. The molecule has 5 heteroatoms. The van der Waals surface area contributed by atoms with Crippen LogP contribution in [0.15, 0.2) is 40.7 Å². The van der Waals surface area contributed by atoms with Gasteiger partial charge in [-0.05, 0) is 45.0 Å². The van der Waals surface area contributed by atoms with Crippen LogP contribution < -0.4 is 0 Å². The lowest BCUT2D eigenvalue weighted by Crippen LogP contribution is -2.27. The van der Waals surface area contributed by atoms with Crippen LogP contribution in [0.4, 0.5) is 0 Å². The molecule has 0 atom stereocenters. The Morgan fingerprint density at radius 3 is 2.39 bits per heavy atom. The molecule has 0 aliphatic heterocycles. The Kier molecular flexibility index (Phi) is 3.29. The molecule has 2 aromatic rings. The summed E-state index contributed by atoms with van der Waals surface area (Å²) >= 11 is 1.27. The first-order chi connectivity index (χ1) is 8.32. The Bertz CT molecular complexity index is 637. The van der Waals surface area contributed by atoms with Gasteiger partial charge < -0.3 is 0 Å². The number of aromatic nitrogens is 1. The van der Waals surface area contributed by atoms with Crippen LogP contribution in [-0.4, -0.2) is 18.1 Å². The molecular formula is C13H15NO2S2. The van der Waals surface area contributed by atoms with E-state index >= 15 is 0 Å². The van der Waals surface area contributed by atoms with Gasteiger partial charge in [-0.25, -0.2) is 8.42 Å². The van der Waals surface area contributed by atoms with E-state index in [1.807, 2.05) is 24.3 Å². The Hall–Kier alpha value is -1.20. The quantitative estimate of drug-likeness (QED) is 0.847. The lowest BCUT2D eigenvalue weighted by atomic mass is 10.3. The first kappa shape index (κ1) is 13.2. The Morgan fingerprint density at radius 2 is 1.83 bits per heavy atom. The normalized spacial score (nSPS) is 12.6. The van der Waals surface area contributed by atoms with E-state index in [-0.39, 0.29) is 0 Å². The summed E-state index contributed by atoms with van der Waals surface area (Å²) in [4.78, 5) is 5.10. The first-order valence-electron chi connectivity index (χ1n) is 5.58. The van der Waals surface area contributed by atoms with Crippen molar-refractivity contribution in [2.24, 2.45) is 0 Å². The van der Waals surface area contributed by atoms with Crippen molar-refractivity contribution in [1.82, 2.24) is 4.98 Å². The van der Waals surface area contributed by atoms with Gasteiger partial charge in [0.2, 0.25) is 0 Å². The molecule has 18 heavy (non-hydrogen) atoms. The zero-order valence-electron chi connectivity index (χ0n) is 10.5. The topological polar surface area (TPSA) is 47.0 Å². The maximum absolute atomic E-state index is 12.3. The van der Waals surface area contributed by atoms with Crippen LogP contribution in [0.2, 0.25) is 0 Å². The van der Waals surface area contributed by atoms with Crippen molar-refractivity contribution in [2.45, 2.75) is 29.7 Å². The smallest absolute Gasteiger partial charge is 0.192 e. The van der Waals surface area contributed by atoms with Crippen molar-refractivity contribution in [2.75, 3.05) is 0 Å². The highest BCUT2D eigenvalue weighted by molar-refractivity contribution is 7.94. The molecule has 0 aromatic carbocycles. The predicted molar refractivity (Wildman–Crippen MR) is 74.5 cm³/mol. The van der Waals surface area contributed by atoms with Crippen LogP contribution in [0.1, 0.15) is 20.8 Å². The maximum atomic E-state index is 12.3. The minimum atomic E-state index is -3.27. The van der Waals surface area contributed by atoms with Crippen molar-refractivity contribution in [3.05, 3.63) is 36.5 Å². The van der Waals surface area contributed by atoms with Crippen LogP contribution in [0.5, 0.6) is 0 Å². The van der Waals surface area contributed by atoms with E-state index in [1.165, 1.54) is 11.3 Å². The van der Waals surface area contributed by atoms with Crippen molar-refractivity contribution in [3.63, 3.8) is 0 Å². The molecule has 3 nitrogen and oxygen atoms in total. The van der Waals surface area contributed by atoms with Crippen LogP contribution in [0.3, 0.4) is 0 Å². The summed E-state index contributed by atoms with van der Waals surface area (Å²) < 4.78 is 24.2. The summed E-state index contributed by atoms with van der Waals surface area (Å²) in [6.07, 6.45) is 1.70. The van der Waals surface area contributed by atoms with E-state index in [4.69, 9.17) is 0 Å². The number of nitrogens with zero attached hydrogens (tertiary/aromatic N) is 1. The van der Waals surface area contributed by atoms with Gasteiger partial charge in [-0.2, -0.15) is 0 Å². The van der Waals surface area contributed by atoms with E-state index in [0.717, 1.165) is 10.6 Å². The zero-order valence-corrected chi connectivity index (χ0v) is 12.2. The number of sulfone groups is 1. The third-order valence-corrected chi connectivity index (χ3v) is 6.66. The zero-order chi connectivity index (χ0) is 13.4. The molecule has 0 saturated heterocycles. The van der Waals surface area contributed by atoms with Crippen LogP contribution in [0, 0.1) is 0 Å². The summed E-state index contributed by atoms with van der Waals surface area (Å²) in [6.45, 7) is 5.13. The predicted octanol–water partition coefficient (Wildman–Crippen LogP) is 3.38. The Balaban J connectivity index is 2.45. The molecule has 0 radical (unpaired) electrons. The minimum absolute atomic E-state index is 0.399. The van der Waals surface area contributed by atoms with Crippen LogP contribution in [-0.2, 0) is 9.84 Å². The molecule has 0 aliphatic carbocycles. The molecule has 0 fully saturated rings. The number of pyridine rings is 1. The van der Waals surface area contributed by atoms with E-state index in [2.05, 4.69) is 4.98 Å². The monoisotopic (exact) mass is 281 g/mol. The number of rotatable bonds is 2. The van der Waals surface area contributed by atoms with E-state index in [0.29, 0.717) is 4.21 Å². The molecule has 0 saturated carbocycles. The molecule has 0 bridgehead atoms. The van der Waals surface area contributed by atoms with Crippen molar-refractivity contribution in [1.29, 1.82) is 0 Å². The second-order valence-electron chi connectivity index (χ2n) is 4.95. The summed E-state index contributed by atoms with van der Waals surface area (Å²) in [5.74, 6) is 0. The fourth-order valence-electron chi connectivity index (χ4n) is 1.41. The molecule has 2 rings (SSSR count). The van der Waals surface area contributed by atoms with Crippen LogP contribution in [0.25, 0.3) is 10.6 Å². The second kappa shape index (κ2) is 4.48. The molecule has 0 N–H and O–H groups in total. The fraction of sp³-hybridized carbons (Fsp3) is 0.308. The van der Waals surface area contributed by atoms with E-state index < -0.39 is 14.6 Å². The largest absolute Gasteiger partial charge is 0.255 e. The van der Waals surface area contributed by atoms with Gasteiger partial charge in [0.25, 0.3) is 0 Å². The molecule has 0 unspecified atom stereocenters. The number of hydrogen-bond acceptors (Lipinski definition) is 4.